The number of amides is 1. The number of aryl methyl sites for hydroxylation is 8. The molecule has 2 aromatic carbocycles. The second-order valence-electron chi connectivity index (χ2n) is 18.0. The van der Waals surface area contributed by atoms with Gasteiger partial charge < -0.3 is 20.4 Å². The van der Waals surface area contributed by atoms with Gasteiger partial charge in [0.15, 0.2) is 11.3 Å². The van der Waals surface area contributed by atoms with E-state index in [1.165, 1.54) is 61.5 Å². The van der Waals surface area contributed by atoms with Crippen LogP contribution in [0.25, 0.3) is 38.3 Å². The molecule has 0 unspecified atom stereocenters. The van der Waals surface area contributed by atoms with E-state index in [1.807, 2.05) is 13.8 Å². The number of nitrogens with two attached hydrogens (primary N) is 1. The second kappa shape index (κ2) is 19.1. The standard InChI is InChI=1S/C25H32BrN5O.C25H30BrN5/c1-14-12-20(26)13-15(2)23(14)31-17(4)16(3)22-24(28-18(5)29-25(22)31)30-10-8-19(9-11-30)6-7-21(27)32;1-15-13-21(26)14-16(2)23(15)31-18(4)17(3)22-24(28-19(5)29-25(22)31)30-11-8-20(9-12-30)7-10-27-6/h12-13,19H,6-11H2,1-5H3,(H2,27,32);13-14,20H,7-12H2,1-5H3. The zero-order valence-electron chi connectivity index (χ0n) is 38.7. The number of carbonyl (C=O) groups is 1. The topological polar surface area (TPSA) is 115 Å². The maximum atomic E-state index is 11.2. The molecule has 6 heterocycles. The van der Waals surface area contributed by atoms with Crippen molar-refractivity contribution < 1.29 is 4.79 Å². The molecule has 13 heteroatoms. The third kappa shape index (κ3) is 9.40. The van der Waals surface area contributed by atoms with E-state index >= 15 is 0 Å². The highest BCUT2D eigenvalue weighted by Crippen LogP contribution is 2.39. The molecule has 2 saturated heterocycles. The van der Waals surface area contributed by atoms with Crippen LogP contribution in [0.4, 0.5) is 11.6 Å². The minimum absolute atomic E-state index is 0.202. The first-order valence-corrected chi connectivity index (χ1v) is 24.0. The van der Waals surface area contributed by atoms with E-state index in [9.17, 15) is 4.79 Å². The number of piperidine rings is 2. The van der Waals surface area contributed by atoms with Gasteiger partial charge in [-0.15, -0.1) is 0 Å². The Morgan fingerprint density at radius 2 is 1.00 bits per heavy atom. The van der Waals surface area contributed by atoms with E-state index in [1.54, 1.807) is 0 Å². The molecular weight excluding hydrogens is 916 g/mol. The number of rotatable bonds is 9. The summed E-state index contributed by atoms with van der Waals surface area (Å²) < 4.78 is 6.82. The molecule has 6 aromatic rings. The summed E-state index contributed by atoms with van der Waals surface area (Å²) in [5.41, 5.74) is 19.5. The second-order valence-corrected chi connectivity index (χ2v) is 19.8. The average molecular weight is 979 g/mol. The minimum Gasteiger partial charge on any atom is -0.370 e. The number of halogens is 2. The quantitative estimate of drug-likeness (QED) is 0.143. The van der Waals surface area contributed by atoms with Crippen molar-refractivity contribution in [3.8, 4) is 11.4 Å². The Kier molecular flexibility index (Phi) is 14.0. The highest BCUT2D eigenvalue weighted by atomic mass is 79.9. The fourth-order valence-electron chi connectivity index (χ4n) is 10.1. The van der Waals surface area contributed by atoms with Crippen LogP contribution in [-0.4, -0.2) is 67.7 Å². The number of hydrogen-bond acceptors (Lipinski definition) is 7. The lowest BCUT2D eigenvalue weighted by molar-refractivity contribution is -0.118. The number of benzene rings is 2. The van der Waals surface area contributed by atoms with Crippen molar-refractivity contribution in [3.63, 3.8) is 0 Å². The number of carbonyl (C=O) groups excluding carboxylic acids is 1. The monoisotopic (exact) mass is 976 g/mol. The maximum Gasteiger partial charge on any atom is 0.217 e. The molecule has 0 bridgehead atoms. The van der Waals surface area contributed by atoms with E-state index in [0.717, 1.165) is 114 Å². The van der Waals surface area contributed by atoms with Gasteiger partial charge in [0.25, 0.3) is 0 Å². The van der Waals surface area contributed by atoms with Crippen LogP contribution < -0.4 is 15.5 Å². The lowest BCUT2D eigenvalue weighted by Gasteiger charge is -2.33. The highest BCUT2D eigenvalue weighted by Gasteiger charge is 2.29. The summed E-state index contributed by atoms with van der Waals surface area (Å²) in [5.74, 6) is 4.71. The SMILES string of the molecule is Cc1nc(N2CCC(CCC(N)=O)CC2)c2c(C)c(C)n(-c3c(C)cc(Br)cc3C)c2n1.[C-]#[N+]CCC1CCN(c2nc(C)nc3c2c(C)c(C)n3-c2c(C)cc(Br)cc2C)CC1. The molecule has 2 aliphatic rings. The predicted molar refractivity (Wildman–Crippen MR) is 265 cm³/mol. The fraction of sp³-hybridized carbons (Fsp3) is 0.480. The van der Waals surface area contributed by atoms with Crippen molar-refractivity contribution in [1.29, 1.82) is 0 Å². The lowest BCUT2D eigenvalue weighted by Crippen LogP contribution is -2.35. The van der Waals surface area contributed by atoms with Gasteiger partial charge in [-0.3, -0.25) is 13.9 Å². The molecule has 2 aliphatic heterocycles. The van der Waals surface area contributed by atoms with Crippen molar-refractivity contribution in [3.05, 3.63) is 101 Å². The van der Waals surface area contributed by atoms with Crippen LogP contribution in [0.15, 0.2) is 33.2 Å². The van der Waals surface area contributed by atoms with Crippen molar-refractivity contribution >= 4 is 71.5 Å². The van der Waals surface area contributed by atoms with Gasteiger partial charge in [-0.25, -0.2) is 26.5 Å². The van der Waals surface area contributed by atoms with Gasteiger partial charge in [0.2, 0.25) is 12.5 Å². The van der Waals surface area contributed by atoms with Crippen molar-refractivity contribution in [2.24, 2.45) is 17.6 Å². The van der Waals surface area contributed by atoms with Gasteiger partial charge >= 0.3 is 0 Å². The number of hydrogen-bond donors (Lipinski definition) is 1. The summed E-state index contributed by atoms with van der Waals surface area (Å²) in [6.45, 7) is 32.9. The van der Waals surface area contributed by atoms with E-state index in [-0.39, 0.29) is 5.91 Å². The van der Waals surface area contributed by atoms with Crippen LogP contribution in [0, 0.1) is 87.6 Å². The molecule has 1 amide bonds. The number of primary amides is 1. The third-order valence-corrected chi connectivity index (χ3v) is 14.4. The lowest BCUT2D eigenvalue weighted by atomic mass is 9.92. The molecule has 0 spiro atoms. The normalized spacial score (nSPS) is 15.0. The molecule has 4 aromatic heterocycles. The van der Waals surface area contributed by atoms with E-state index < -0.39 is 0 Å². The molecule has 332 valence electrons. The van der Waals surface area contributed by atoms with Crippen LogP contribution in [0.5, 0.6) is 0 Å². The van der Waals surface area contributed by atoms with Gasteiger partial charge in [0, 0.05) is 59.4 Å². The molecule has 2 fully saturated rings. The van der Waals surface area contributed by atoms with E-state index in [0.29, 0.717) is 24.8 Å². The molecule has 0 atom stereocenters. The van der Waals surface area contributed by atoms with Crippen molar-refractivity contribution in [2.45, 2.75) is 114 Å². The van der Waals surface area contributed by atoms with Crippen LogP contribution in [-0.2, 0) is 4.79 Å². The Morgan fingerprint density at radius 3 is 1.35 bits per heavy atom. The summed E-state index contributed by atoms with van der Waals surface area (Å²) in [6.07, 6.45) is 6.76. The van der Waals surface area contributed by atoms with Crippen molar-refractivity contribution in [2.75, 3.05) is 42.5 Å². The number of nitrogens with zero attached hydrogens (tertiary/aromatic N) is 9. The molecule has 0 aliphatic carbocycles. The van der Waals surface area contributed by atoms with Crippen LogP contribution in [0.2, 0.25) is 0 Å². The van der Waals surface area contributed by atoms with Crippen LogP contribution in [0.1, 0.15) is 101 Å². The Bertz CT molecular complexity index is 2700. The first-order valence-electron chi connectivity index (χ1n) is 22.4. The minimum atomic E-state index is -0.202. The zero-order valence-corrected chi connectivity index (χ0v) is 41.9. The molecule has 8 rings (SSSR count). The maximum absolute atomic E-state index is 11.2. The molecule has 0 radical (unpaired) electrons. The average Bonchev–Trinajstić information content (AvgIpc) is 3.61. The van der Waals surface area contributed by atoms with Gasteiger partial charge in [0.05, 0.1) is 22.1 Å². The Hall–Kier alpha value is -4.80. The van der Waals surface area contributed by atoms with Crippen LogP contribution in [0.3, 0.4) is 0 Å². The van der Waals surface area contributed by atoms with E-state index in [2.05, 4.69) is 135 Å². The molecular formula is C50H62Br2N10O. The molecule has 0 saturated carbocycles. The summed E-state index contributed by atoms with van der Waals surface area (Å²) in [5, 5.41) is 2.31. The number of anilines is 2. The summed E-state index contributed by atoms with van der Waals surface area (Å²) >= 11 is 7.26. The first kappa shape index (κ1) is 46.2. The van der Waals surface area contributed by atoms with Crippen molar-refractivity contribution in [1.82, 2.24) is 29.1 Å². The third-order valence-electron chi connectivity index (χ3n) is 13.5. The molecule has 63 heavy (non-hydrogen) atoms. The fourth-order valence-corrected chi connectivity index (χ4v) is 11.4. The van der Waals surface area contributed by atoms with Gasteiger partial charge in [-0.1, -0.05) is 31.9 Å². The van der Waals surface area contributed by atoms with E-state index in [4.69, 9.17) is 32.2 Å². The van der Waals surface area contributed by atoms with Gasteiger partial charge in [0.1, 0.15) is 23.3 Å². The van der Waals surface area contributed by atoms with Crippen LogP contribution >= 0.6 is 31.9 Å². The first-order chi connectivity index (χ1) is 30.0. The summed E-state index contributed by atoms with van der Waals surface area (Å²) in [7, 11) is 0. The zero-order chi connectivity index (χ0) is 45.4. The molecule has 11 nitrogen and oxygen atoms in total. The number of aromatic nitrogens is 6. The smallest absolute Gasteiger partial charge is 0.217 e. The summed E-state index contributed by atoms with van der Waals surface area (Å²) in [4.78, 5) is 39.2. The predicted octanol–water partition coefficient (Wildman–Crippen LogP) is 11.5. The Balaban J connectivity index is 0.000000189. The molecule has 2 N–H and O–H groups in total. The van der Waals surface area contributed by atoms with Gasteiger partial charge in [-0.05, 0) is 171 Å². The Labute approximate surface area is 390 Å². The highest BCUT2D eigenvalue weighted by molar-refractivity contribution is 9.10. The summed E-state index contributed by atoms with van der Waals surface area (Å²) in [6, 6.07) is 8.67. The Morgan fingerprint density at radius 1 is 0.635 bits per heavy atom. The largest absolute Gasteiger partial charge is 0.370 e. The number of fused-ring (bicyclic) bond motifs is 2. The van der Waals surface area contributed by atoms with Gasteiger partial charge in [-0.2, -0.15) is 0 Å².